The van der Waals surface area contributed by atoms with Gasteiger partial charge in [-0.2, -0.15) is 0 Å². The molecule has 4 nitrogen and oxygen atoms in total. The second kappa shape index (κ2) is 7.85. The molecule has 2 aliphatic heterocycles. The third-order valence-electron chi connectivity index (χ3n) is 4.25. The van der Waals surface area contributed by atoms with Gasteiger partial charge in [-0.05, 0) is 45.1 Å². The number of hydrogen-bond donors (Lipinski definition) is 1. The van der Waals surface area contributed by atoms with Gasteiger partial charge in [0.15, 0.2) is 0 Å². The van der Waals surface area contributed by atoms with E-state index in [9.17, 15) is 4.79 Å². The maximum Gasteiger partial charge on any atom is 0.251 e. The lowest BCUT2D eigenvalue weighted by molar-refractivity contribution is -0.143. The second-order valence-electron chi connectivity index (χ2n) is 5.93. The van der Waals surface area contributed by atoms with Gasteiger partial charge in [0.1, 0.15) is 6.10 Å². The zero-order chi connectivity index (χ0) is 13.5. The smallest absolute Gasteiger partial charge is 0.251 e. The Labute approximate surface area is 116 Å². The SMILES string of the molecule is CC(OCC1CCCNC1)C(=O)N1CCCCCC1. The summed E-state index contributed by atoms with van der Waals surface area (Å²) in [5, 5.41) is 3.38. The van der Waals surface area contributed by atoms with Crippen LogP contribution in [0.3, 0.4) is 0 Å². The fourth-order valence-electron chi connectivity index (χ4n) is 2.97. The van der Waals surface area contributed by atoms with Crippen LogP contribution in [0.4, 0.5) is 0 Å². The Bertz CT molecular complexity index is 269. The molecule has 2 fully saturated rings. The Hall–Kier alpha value is -0.610. The molecule has 2 saturated heterocycles. The largest absolute Gasteiger partial charge is 0.368 e. The van der Waals surface area contributed by atoms with E-state index in [0.717, 1.165) is 39.0 Å². The first-order valence-electron chi connectivity index (χ1n) is 7.88. The lowest BCUT2D eigenvalue weighted by Gasteiger charge is -2.27. The summed E-state index contributed by atoms with van der Waals surface area (Å²) in [4.78, 5) is 14.3. The first-order chi connectivity index (χ1) is 9.27. The zero-order valence-corrected chi connectivity index (χ0v) is 12.2. The molecule has 0 radical (unpaired) electrons. The van der Waals surface area contributed by atoms with Crippen molar-refractivity contribution in [1.29, 1.82) is 0 Å². The highest BCUT2D eigenvalue weighted by molar-refractivity contribution is 5.80. The summed E-state index contributed by atoms with van der Waals surface area (Å²) in [6.07, 6.45) is 6.97. The molecule has 0 aromatic heterocycles. The van der Waals surface area contributed by atoms with Crippen molar-refractivity contribution in [3.8, 4) is 0 Å². The van der Waals surface area contributed by atoms with Crippen molar-refractivity contribution in [2.75, 3.05) is 32.8 Å². The molecule has 0 aliphatic carbocycles. The van der Waals surface area contributed by atoms with Crippen molar-refractivity contribution in [1.82, 2.24) is 10.2 Å². The van der Waals surface area contributed by atoms with Gasteiger partial charge in [0.05, 0.1) is 6.61 Å². The van der Waals surface area contributed by atoms with Crippen molar-refractivity contribution in [2.24, 2.45) is 5.92 Å². The van der Waals surface area contributed by atoms with Crippen LogP contribution in [0.25, 0.3) is 0 Å². The lowest BCUT2D eigenvalue weighted by Crippen LogP contribution is -2.41. The van der Waals surface area contributed by atoms with E-state index in [1.165, 1.54) is 25.7 Å². The minimum atomic E-state index is -0.278. The molecule has 1 N–H and O–H groups in total. The molecule has 110 valence electrons. The second-order valence-corrected chi connectivity index (χ2v) is 5.93. The van der Waals surface area contributed by atoms with E-state index in [1.807, 2.05) is 11.8 Å². The van der Waals surface area contributed by atoms with Crippen LogP contribution in [0.5, 0.6) is 0 Å². The van der Waals surface area contributed by atoms with Crippen LogP contribution < -0.4 is 5.32 Å². The number of nitrogens with one attached hydrogen (secondary N) is 1. The topological polar surface area (TPSA) is 41.6 Å². The predicted octanol–water partition coefficient (Wildman–Crippen LogP) is 1.79. The molecule has 2 aliphatic rings. The molecular formula is C15H28N2O2. The third-order valence-corrected chi connectivity index (χ3v) is 4.25. The molecule has 0 bridgehead atoms. The standard InChI is InChI=1S/C15H28N2O2/c1-13(19-12-14-7-6-8-16-11-14)15(18)17-9-4-2-3-5-10-17/h13-14,16H,2-12H2,1H3. The first-order valence-corrected chi connectivity index (χ1v) is 7.88. The molecule has 4 heteroatoms. The quantitative estimate of drug-likeness (QED) is 0.845. The number of ether oxygens (including phenoxy) is 1. The third kappa shape index (κ3) is 4.77. The monoisotopic (exact) mass is 268 g/mol. The molecule has 1 amide bonds. The average Bonchev–Trinajstić information content (AvgIpc) is 2.74. The van der Waals surface area contributed by atoms with Crippen LogP contribution in [0, 0.1) is 5.92 Å². The molecule has 2 heterocycles. The molecule has 2 rings (SSSR count). The Morgan fingerprint density at radius 1 is 1.26 bits per heavy atom. The van der Waals surface area contributed by atoms with Crippen molar-refractivity contribution >= 4 is 5.91 Å². The number of hydrogen-bond acceptors (Lipinski definition) is 3. The van der Waals surface area contributed by atoms with Crippen LogP contribution in [-0.2, 0) is 9.53 Å². The van der Waals surface area contributed by atoms with Crippen molar-refractivity contribution < 1.29 is 9.53 Å². The van der Waals surface area contributed by atoms with Gasteiger partial charge >= 0.3 is 0 Å². The highest BCUT2D eigenvalue weighted by Gasteiger charge is 2.23. The molecule has 19 heavy (non-hydrogen) atoms. The maximum absolute atomic E-state index is 12.3. The van der Waals surface area contributed by atoms with Gasteiger partial charge in [0, 0.05) is 19.6 Å². The van der Waals surface area contributed by atoms with Crippen molar-refractivity contribution in [3.63, 3.8) is 0 Å². The van der Waals surface area contributed by atoms with Crippen LogP contribution in [0.15, 0.2) is 0 Å². The van der Waals surface area contributed by atoms with Gasteiger partial charge in [-0.1, -0.05) is 12.8 Å². The summed E-state index contributed by atoms with van der Waals surface area (Å²) < 4.78 is 5.81. The van der Waals surface area contributed by atoms with Crippen molar-refractivity contribution in [2.45, 2.75) is 51.6 Å². The molecule has 0 saturated carbocycles. The summed E-state index contributed by atoms with van der Waals surface area (Å²) >= 11 is 0. The number of likely N-dealkylation sites (tertiary alicyclic amines) is 1. The molecule has 0 spiro atoms. The van der Waals surface area contributed by atoms with E-state index in [4.69, 9.17) is 4.74 Å². The average molecular weight is 268 g/mol. The van der Waals surface area contributed by atoms with Crippen LogP contribution in [0.2, 0.25) is 0 Å². The normalized spacial score (nSPS) is 26.8. The van der Waals surface area contributed by atoms with E-state index < -0.39 is 0 Å². The van der Waals surface area contributed by atoms with Crippen LogP contribution >= 0.6 is 0 Å². The fraction of sp³-hybridized carbons (Fsp3) is 0.933. The summed E-state index contributed by atoms with van der Waals surface area (Å²) in [5.41, 5.74) is 0. The highest BCUT2D eigenvalue weighted by Crippen LogP contribution is 2.14. The van der Waals surface area contributed by atoms with Crippen LogP contribution in [0.1, 0.15) is 45.4 Å². The molecule has 0 aromatic rings. The number of nitrogens with zero attached hydrogens (tertiary/aromatic N) is 1. The maximum atomic E-state index is 12.3. The molecule has 2 unspecified atom stereocenters. The Balaban J connectivity index is 1.71. The summed E-state index contributed by atoms with van der Waals surface area (Å²) in [7, 11) is 0. The van der Waals surface area contributed by atoms with E-state index in [2.05, 4.69) is 5.32 Å². The predicted molar refractivity (Wildman–Crippen MR) is 76.1 cm³/mol. The van der Waals surface area contributed by atoms with E-state index in [1.54, 1.807) is 0 Å². The van der Waals surface area contributed by atoms with Gasteiger partial charge in [0.2, 0.25) is 0 Å². The van der Waals surface area contributed by atoms with E-state index in [0.29, 0.717) is 12.5 Å². The Morgan fingerprint density at radius 2 is 2.00 bits per heavy atom. The highest BCUT2D eigenvalue weighted by atomic mass is 16.5. The van der Waals surface area contributed by atoms with Gasteiger partial charge in [-0.25, -0.2) is 0 Å². The summed E-state index contributed by atoms with van der Waals surface area (Å²) in [6.45, 7) is 6.61. The zero-order valence-electron chi connectivity index (χ0n) is 12.2. The van der Waals surface area contributed by atoms with Gasteiger partial charge in [-0.15, -0.1) is 0 Å². The Morgan fingerprint density at radius 3 is 2.63 bits per heavy atom. The lowest BCUT2D eigenvalue weighted by atomic mass is 10.0. The summed E-state index contributed by atoms with van der Waals surface area (Å²) in [5.74, 6) is 0.763. The number of piperidine rings is 1. The number of carbonyl (C=O) groups is 1. The van der Waals surface area contributed by atoms with Gasteiger partial charge < -0.3 is 15.0 Å². The number of amides is 1. The number of carbonyl (C=O) groups excluding carboxylic acids is 1. The first kappa shape index (κ1) is 14.8. The summed E-state index contributed by atoms with van der Waals surface area (Å²) in [6, 6.07) is 0. The van der Waals surface area contributed by atoms with E-state index in [-0.39, 0.29) is 12.0 Å². The van der Waals surface area contributed by atoms with E-state index >= 15 is 0 Å². The molecule has 0 aromatic carbocycles. The minimum absolute atomic E-state index is 0.186. The fourth-order valence-corrected chi connectivity index (χ4v) is 2.97. The molecule has 2 atom stereocenters. The van der Waals surface area contributed by atoms with Crippen molar-refractivity contribution in [3.05, 3.63) is 0 Å². The van der Waals surface area contributed by atoms with Gasteiger partial charge in [-0.3, -0.25) is 4.79 Å². The number of rotatable bonds is 4. The molecular weight excluding hydrogens is 240 g/mol. The minimum Gasteiger partial charge on any atom is -0.368 e. The Kier molecular flexibility index (Phi) is 6.11. The van der Waals surface area contributed by atoms with Crippen LogP contribution in [-0.4, -0.2) is 49.7 Å². The van der Waals surface area contributed by atoms with Gasteiger partial charge in [0.25, 0.3) is 5.91 Å².